The van der Waals surface area contributed by atoms with Crippen LogP contribution in [0.25, 0.3) is 0 Å². The van der Waals surface area contributed by atoms with E-state index in [0.29, 0.717) is 5.56 Å². The van der Waals surface area contributed by atoms with Gasteiger partial charge in [0, 0.05) is 25.4 Å². The second kappa shape index (κ2) is 7.98. The quantitative estimate of drug-likeness (QED) is 0.632. The van der Waals surface area contributed by atoms with Crippen LogP contribution >= 0.6 is 11.6 Å². The van der Waals surface area contributed by atoms with Gasteiger partial charge in [0.05, 0.1) is 6.04 Å². The lowest BCUT2D eigenvalue weighted by Crippen LogP contribution is -2.35. The Balaban J connectivity index is 1.64. The molecule has 0 fully saturated rings. The molecular formula is C20H17ClF3N5O. The van der Waals surface area contributed by atoms with Crippen molar-refractivity contribution in [2.75, 3.05) is 5.32 Å². The number of rotatable bonds is 4. The largest absolute Gasteiger partial charge is 0.410 e. The SMILES string of the molecule is O=C(NCc1cccnc1)c1nn2c(c1Cl)NC(c1ccccc1)CC2C(F)(F)F. The van der Waals surface area contributed by atoms with Crippen LogP contribution in [0.5, 0.6) is 0 Å². The molecule has 1 amide bonds. The van der Waals surface area contributed by atoms with Gasteiger partial charge in [-0.15, -0.1) is 0 Å². The fourth-order valence-electron chi connectivity index (χ4n) is 3.41. The third-order valence-electron chi connectivity index (χ3n) is 4.89. The number of amides is 1. The number of anilines is 1. The summed E-state index contributed by atoms with van der Waals surface area (Å²) in [4.78, 5) is 16.5. The molecule has 1 aliphatic rings. The van der Waals surface area contributed by atoms with Gasteiger partial charge in [-0.2, -0.15) is 18.3 Å². The van der Waals surface area contributed by atoms with Crippen molar-refractivity contribution in [2.24, 2.45) is 0 Å². The van der Waals surface area contributed by atoms with Gasteiger partial charge in [-0.05, 0) is 17.2 Å². The highest BCUT2D eigenvalue weighted by atomic mass is 35.5. The van der Waals surface area contributed by atoms with Crippen molar-refractivity contribution in [3.05, 3.63) is 76.7 Å². The number of halogens is 4. The van der Waals surface area contributed by atoms with Crippen LogP contribution in [0, 0.1) is 0 Å². The zero-order valence-corrected chi connectivity index (χ0v) is 16.3. The molecular weight excluding hydrogens is 419 g/mol. The van der Waals surface area contributed by atoms with Crippen molar-refractivity contribution in [1.82, 2.24) is 20.1 Å². The molecule has 3 aromatic rings. The van der Waals surface area contributed by atoms with Gasteiger partial charge in [0.2, 0.25) is 0 Å². The monoisotopic (exact) mass is 435 g/mol. The smallest absolute Gasteiger partial charge is 0.362 e. The Hall–Kier alpha value is -3.07. The zero-order chi connectivity index (χ0) is 21.3. The van der Waals surface area contributed by atoms with E-state index in [1.54, 1.807) is 54.9 Å². The lowest BCUT2D eigenvalue weighted by Gasteiger charge is -2.33. The van der Waals surface area contributed by atoms with Gasteiger partial charge >= 0.3 is 6.18 Å². The average molecular weight is 436 g/mol. The topological polar surface area (TPSA) is 71.8 Å². The first kappa shape index (κ1) is 20.2. The third kappa shape index (κ3) is 3.97. The van der Waals surface area contributed by atoms with Gasteiger partial charge < -0.3 is 10.6 Å². The molecule has 0 spiro atoms. The summed E-state index contributed by atoms with van der Waals surface area (Å²) in [5.74, 6) is -0.685. The Labute approximate surface area is 175 Å². The highest BCUT2D eigenvalue weighted by Crippen LogP contribution is 2.46. The molecule has 0 aliphatic carbocycles. The Morgan fingerprint density at radius 2 is 2.00 bits per heavy atom. The molecule has 1 aliphatic heterocycles. The summed E-state index contributed by atoms with van der Waals surface area (Å²) in [7, 11) is 0. The van der Waals surface area contributed by atoms with Crippen molar-refractivity contribution in [1.29, 1.82) is 0 Å². The predicted molar refractivity (Wildman–Crippen MR) is 105 cm³/mol. The molecule has 0 radical (unpaired) electrons. The van der Waals surface area contributed by atoms with Crippen LogP contribution in [-0.2, 0) is 6.54 Å². The number of alkyl halides is 3. The highest BCUT2D eigenvalue weighted by molar-refractivity contribution is 6.36. The first-order valence-electron chi connectivity index (χ1n) is 9.18. The molecule has 2 aromatic heterocycles. The molecule has 0 saturated heterocycles. The van der Waals surface area contributed by atoms with Crippen LogP contribution in [-0.4, -0.2) is 26.8 Å². The van der Waals surface area contributed by atoms with Gasteiger partial charge in [0.15, 0.2) is 11.7 Å². The van der Waals surface area contributed by atoms with E-state index in [4.69, 9.17) is 11.6 Å². The van der Waals surface area contributed by atoms with E-state index in [1.165, 1.54) is 0 Å². The fraction of sp³-hybridized carbons (Fsp3) is 0.250. The third-order valence-corrected chi connectivity index (χ3v) is 5.25. The normalized spacial score (nSPS) is 18.4. The molecule has 3 heterocycles. The first-order valence-corrected chi connectivity index (χ1v) is 9.55. The summed E-state index contributed by atoms with van der Waals surface area (Å²) in [6.07, 6.45) is -1.65. The maximum atomic E-state index is 13.8. The molecule has 1 aromatic carbocycles. The van der Waals surface area contributed by atoms with E-state index in [1.807, 2.05) is 0 Å². The zero-order valence-electron chi connectivity index (χ0n) is 15.5. The van der Waals surface area contributed by atoms with Crippen LogP contribution in [0.4, 0.5) is 19.0 Å². The van der Waals surface area contributed by atoms with E-state index in [2.05, 4.69) is 20.7 Å². The van der Waals surface area contributed by atoms with Crippen molar-refractivity contribution >= 4 is 23.3 Å². The standard InChI is InChI=1S/C20H17ClF3N5O/c21-16-17(19(30)26-11-12-5-4-8-25-10-12)28-29-15(20(22,23)24)9-14(27-18(16)29)13-6-2-1-3-7-13/h1-8,10,14-15,27H,9,11H2,(H,26,30). The average Bonchev–Trinajstić information content (AvgIpc) is 3.08. The van der Waals surface area contributed by atoms with Gasteiger partial charge in [0.25, 0.3) is 5.91 Å². The van der Waals surface area contributed by atoms with Gasteiger partial charge in [-0.3, -0.25) is 9.78 Å². The maximum absolute atomic E-state index is 13.8. The highest BCUT2D eigenvalue weighted by Gasteiger charge is 2.47. The Kier molecular flexibility index (Phi) is 5.38. The molecule has 2 atom stereocenters. The number of pyridine rings is 1. The number of carbonyl (C=O) groups excluding carboxylic acids is 1. The second-order valence-corrected chi connectivity index (χ2v) is 7.28. The Morgan fingerprint density at radius 3 is 2.67 bits per heavy atom. The molecule has 30 heavy (non-hydrogen) atoms. The number of nitrogens with one attached hydrogen (secondary N) is 2. The van der Waals surface area contributed by atoms with Crippen molar-refractivity contribution in [3.8, 4) is 0 Å². The lowest BCUT2D eigenvalue weighted by atomic mass is 9.97. The number of benzene rings is 1. The summed E-state index contributed by atoms with van der Waals surface area (Å²) in [5, 5.41) is 9.39. The number of hydrogen-bond donors (Lipinski definition) is 2. The molecule has 2 unspecified atom stereocenters. The van der Waals surface area contributed by atoms with E-state index in [9.17, 15) is 18.0 Å². The molecule has 0 bridgehead atoms. The van der Waals surface area contributed by atoms with E-state index >= 15 is 0 Å². The number of fused-ring (bicyclic) bond motifs is 1. The van der Waals surface area contributed by atoms with E-state index < -0.39 is 24.2 Å². The van der Waals surface area contributed by atoms with Crippen LogP contribution in [0.15, 0.2) is 54.9 Å². The molecule has 10 heteroatoms. The summed E-state index contributed by atoms with van der Waals surface area (Å²) in [6.45, 7) is 0.147. The molecule has 4 rings (SSSR count). The summed E-state index contributed by atoms with van der Waals surface area (Å²) < 4.78 is 42.1. The number of nitrogens with zero attached hydrogens (tertiary/aromatic N) is 3. The summed E-state index contributed by atoms with van der Waals surface area (Å²) in [5.41, 5.74) is 1.17. The Morgan fingerprint density at radius 1 is 1.23 bits per heavy atom. The molecule has 2 N–H and O–H groups in total. The first-order chi connectivity index (χ1) is 14.3. The van der Waals surface area contributed by atoms with Crippen LogP contribution < -0.4 is 10.6 Å². The second-order valence-electron chi connectivity index (χ2n) is 6.90. The van der Waals surface area contributed by atoms with E-state index in [-0.39, 0.29) is 29.5 Å². The van der Waals surface area contributed by atoms with E-state index in [0.717, 1.165) is 10.2 Å². The van der Waals surface area contributed by atoms with Crippen molar-refractivity contribution in [2.45, 2.75) is 31.2 Å². The van der Waals surface area contributed by atoms with Crippen LogP contribution in [0.3, 0.4) is 0 Å². The minimum Gasteiger partial charge on any atom is -0.362 e. The van der Waals surface area contributed by atoms with Gasteiger partial charge in [-0.1, -0.05) is 48.0 Å². The maximum Gasteiger partial charge on any atom is 0.410 e. The minimum absolute atomic E-state index is 0.0226. The minimum atomic E-state index is -4.55. The summed E-state index contributed by atoms with van der Waals surface area (Å²) in [6, 6.07) is 9.73. The molecule has 156 valence electrons. The molecule has 0 saturated carbocycles. The Bertz CT molecular complexity index is 1040. The molecule has 6 nitrogen and oxygen atoms in total. The number of carbonyl (C=O) groups is 1. The van der Waals surface area contributed by atoms with Crippen LogP contribution in [0.1, 0.15) is 40.1 Å². The van der Waals surface area contributed by atoms with Gasteiger partial charge in [-0.25, -0.2) is 4.68 Å². The predicted octanol–water partition coefficient (Wildman–Crippen LogP) is 4.52. The summed E-state index contributed by atoms with van der Waals surface area (Å²) >= 11 is 6.30. The lowest BCUT2D eigenvalue weighted by molar-refractivity contribution is -0.173. The fourth-order valence-corrected chi connectivity index (χ4v) is 3.67. The van der Waals surface area contributed by atoms with Crippen LogP contribution in [0.2, 0.25) is 5.02 Å². The number of hydrogen-bond acceptors (Lipinski definition) is 4. The van der Waals surface area contributed by atoms with Crippen molar-refractivity contribution in [3.63, 3.8) is 0 Å². The number of aromatic nitrogens is 3. The van der Waals surface area contributed by atoms with Crippen molar-refractivity contribution < 1.29 is 18.0 Å². The van der Waals surface area contributed by atoms with Gasteiger partial charge in [0.1, 0.15) is 10.8 Å².